The zero-order chi connectivity index (χ0) is 19.8. The van der Waals surface area contributed by atoms with Crippen molar-refractivity contribution in [2.24, 2.45) is 0 Å². The molecule has 2 aromatic carbocycles. The van der Waals surface area contributed by atoms with Gasteiger partial charge in [-0.25, -0.2) is 4.79 Å². The summed E-state index contributed by atoms with van der Waals surface area (Å²) in [7, 11) is 0. The average molecular weight is 397 g/mol. The summed E-state index contributed by atoms with van der Waals surface area (Å²) in [5, 5.41) is 3.53. The number of hydrogen-bond donors (Lipinski definition) is 1. The van der Waals surface area contributed by atoms with Crippen molar-refractivity contribution in [3.63, 3.8) is 0 Å². The van der Waals surface area contributed by atoms with E-state index in [0.717, 1.165) is 17.9 Å². The standard InChI is InChI=1S/C22H23NO4S/c1-2-26-22(25)21-20(17-11-6-7-12-18(17)27-21)23-19(24)13-8-14-28-15-16-9-4-3-5-10-16/h3-7,9-12H,2,8,13-15H2,1H3,(H,23,24). The maximum Gasteiger partial charge on any atom is 0.376 e. The molecule has 146 valence electrons. The van der Waals surface area contributed by atoms with E-state index in [2.05, 4.69) is 17.4 Å². The third-order valence-electron chi connectivity index (χ3n) is 4.12. The molecule has 1 amide bonds. The minimum Gasteiger partial charge on any atom is -0.460 e. The molecule has 6 heteroatoms. The van der Waals surface area contributed by atoms with E-state index in [-0.39, 0.29) is 18.3 Å². The normalized spacial score (nSPS) is 10.8. The lowest BCUT2D eigenvalue weighted by molar-refractivity contribution is -0.116. The highest BCUT2D eigenvalue weighted by Crippen LogP contribution is 2.31. The maximum atomic E-state index is 12.4. The number of thioether (sulfide) groups is 1. The zero-order valence-electron chi connectivity index (χ0n) is 15.8. The minimum atomic E-state index is -0.576. The topological polar surface area (TPSA) is 68.5 Å². The second kappa shape index (κ2) is 9.99. The van der Waals surface area contributed by atoms with E-state index in [1.54, 1.807) is 24.8 Å². The molecule has 1 aromatic heterocycles. The van der Waals surface area contributed by atoms with Crippen LogP contribution in [0.4, 0.5) is 5.69 Å². The van der Waals surface area contributed by atoms with Crippen LogP contribution in [0, 0.1) is 0 Å². The number of ether oxygens (including phenoxy) is 1. The smallest absolute Gasteiger partial charge is 0.376 e. The van der Waals surface area contributed by atoms with Crippen LogP contribution >= 0.6 is 11.8 Å². The predicted molar refractivity (Wildman–Crippen MR) is 113 cm³/mol. The van der Waals surface area contributed by atoms with Crippen molar-refractivity contribution in [3.8, 4) is 0 Å². The summed E-state index contributed by atoms with van der Waals surface area (Å²) in [5.74, 6) is 1.14. The number of hydrogen-bond acceptors (Lipinski definition) is 5. The van der Waals surface area contributed by atoms with Crippen LogP contribution in [0.5, 0.6) is 0 Å². The van der Waals surface area contributed by atoms with Gasteiger partial charge >= 0.3 is 5.97 Å². The number of esters is 1. The number of furan rings is 1. The highest BCUT2D eigenvalue weighted by molar-refractivity contribution is 7.98. The van der Waals surface area contributed by atoms with Crippen molar-refractivity contribution >= 4 is 40.3 Å². The van der Waals surface area contributed by atoms with Gasteiger partial charge in [0.05, 0.1) is 6.61 Å². The molecule has 1 N–H and O–H groups in total. The fraction of sp³-hybridized carbons (Fsp3) is 0.273. The molecule has 3 aromatic rings. The summed E-state index contributed by atoms with van der Waals surface area (Å²) >= 11 is 1.80. The largest absolute Gasteiger partial charge is 0.460 e. The highest BCUT2D eigenvalue weighted by Gasteiger charge is 2.23. The van der Waals surface area contributed by atoms with Crippen LogP contribution in [0.2, 0.25) is 0 Å². The van der Waals surface area contributed by atoms with Gasteiger partial charge in [0.15, 0.2) is 0 Å². The molecule has 0 aliphatic heterocycles. The molecule has 5 nitrogen and oxygen atoms in total. The van der Waals surface area contributed by atoms with E-state index in [4.69, 9.17) is 9.15 Å². The van der Waals surface area contributed by atoms with Crippen LogP contribution in [-0.4, -0.2) is 24.2 Å². The number of anilines is 1. The van der Waals surface area contributed by atoms with Crippen LogP contribution in [-0.2, 0) is 15.3 Å². The minimum absolute atomic E-state index is 0.0369. The second-order valence-corrected chi connectivity index (χ2v) is 7.32. The number of carbonyl (C=O) groups excluding carboxylic acids is 2. The fourth-order valence-corrected chi connectivity index (χ4v) is 3.73. The quantitative estimate of drug-likeness (QED) is 0.394. The van der Waals surface area contributed by atoms with Crippen molar-refractivity contribution < 1.29 is 18.7 Å². The first-order chi connectivity index (χ1) is 13.7. The van der Waals surface area contributed by atoms with Gasteiger partial charge in [-0.1, -0.05) is 42.5 Å². The van der Waals surface area contributed by atoms with Gasteiger partial charge in [0.25, 0.3) is 0 Å². The summed E-state index contributed by atoms with van der Waals surface area (Å²) in [6.07, 6.45) is 1.14. The van der Waals surface area contributed by atoms with Crippen molar-refractivity contribution in [2.45, 2.75) is 25.5 Å². The molecule has 0 radical (unpaired) electrons. The molecule has 1 heterocycles. The molecule has 0 unspecified atom stereocenters. The Morgan fingerprint density at radius 2 is 1.82 bits per heavy atom. The Kier molecular flexibility index (Phi) is 7.14. The predicted octanol–water partition coefficient (Wildman–Crippen LogP) is 5.26. The molecule has 0 saturated heterocycles. The van der Waals surface area contributed by atoms with Crippen LogP contribution in [0.3, 0.4) is 0 Å². The summed E-state index contributed by atoms with van der Waals surface area (Å²) in [5.41, 5.74) is 2.20. The molecule has 0 fully saturated rings. The van der Waals surface area contributed by atoms with Gasteiger partial charge in [-0.05, 0) is 36.8 Å². The second-order valence-electron chi connectivity index (χ2n) is 6.21. The first-order valence-corrected chi connectivity index (χ1v) is 10.4. The Hall–Kier alpha value is -2.73. The van der Waals surface area contributed by atoms with Gasteiger partial charge in [0, 0.05) is 17.6 Å². The number of carbonyl (C=O) groups is 2. The van der Waals surface area contributed by atoms with Crippen LogP contribution in [0.1, 0.15) is 35.9 Å². The van der Waals surface area contributed by atoms with Gasteiger partial charge in [0.1, 0.15) is 11.3 Å². The number of nitrogens with one attached hydrogen (secondary N) is 1. The number of benzene rings is 2. The molecule has 0 spiro atoms. The Morgan fingerprint density at radius 1 is 1.07 bits per heavy atom. The third kappa shape index (κ3) is 5.16. The Morgan fingerprint density at radius 3 is 2.61 bits per heavy atom. The van der Waals surface area contributed by atoms with Crippen LogP contribution in [0.25, 0.3) is 11.0 Å². The van der Waals surface area contributed by atoms with Gasteiger partial charge in [-0.15, -0.1) is 0 Å². The van der Waals surface area contributed by atoms with E-state index >= 15 is 0 Å². The summed E-state index contributed by atoms with van der Waals surface area (Å²) in [6, 6.07) is 17.5. The molecule has 28 heavy (non-hydrogen) atoms. The molecular weight excluding hydrogens is 374 g/mol. The lowest BCUT2D eigenvalue weighted by atomic mass is 10.2. The number of amides is 1. The van der Waals surface area contributed by atoms with Crippen LogP contribution < -0.4 is 5.32 Å². The lowest BCUT2D eigenvalue weighted by Gasteiger charge is -2.06. The number of para-hydroxylation sites is 1. The van der Waals surface area contributed by atoms with Crippen molar-refractivity contribution in [3.05, 3.63) is 65.9 Å². The van der Waals surface area contributed by atoms with E-state index < -0.39 is 5.97 Å². The van der Waals surface area contributed by atoms with Crippen molar-refractivity contribution in [1.82, 2.24) is 0 Å². The first kappa shape index (κ1) is 20.0. The SMILES string of the molecule is CCOC(=O)c1oc2ccccc2c1NC(=O)CCCSCc1ccccc1. The molecule has 0 saturated carbocycles. The summed E-state index contributed by atoms with van der Waals surface area (Å²) < 4.78 is 10.7. The molecule has 0 aliphatic carbocycles. The molecule has 0 aliphatic rings. The number of rotatable bonds is 9. The van der Waals surface area contributed by atoms with Gasteiger partial charge in [-0.2, -0.15) is 11.8 Å². The Labute approximate surface area is 168 Å². The molecular formula is C22H23NO4S. The molecule has 3 rings (SSSR count). The van der Waals surface area contributed by atoms with Crippen molar-refractivity contribution in [2.75, 3.05) is 17.7 Å². The third-order valence-corrected chi connectivity index (χ3v) is 5.24. The van der Waals surface area contributed by atoms with Gasteiger partial charge < -0.3 is 14.5 Å². The summed E-state index contributed by atoms with van der Waals surface area (Å²) in [4.78, 5) is 24.6. The number of fused-ring (bicyclic) bond motifs is 1. The van der Waals surface area contributed by atoms with E-state index in [1.807, 2.05) is 36.4 Å². The fourth-order valence-electron chi connectivity index (χ4n) is 2.81. The van der Waals surface area contributed by atoms with Crippen LogP contribution in [0.15, 0.2) is 59.0 Å². The van der Waals surface area contributed by atoms with Crippen molar-refractivity contribution in [1.29, 1.82) is 0 Å². The summed E-state index contributed by atoms with van der Waals surface area (Å²) in [6.45, 7) is 1.97. The zero-order valence-corrected chi connectivity index (χ0v) is 16.6. The molecule has 0 bridgehead atoms. The Bertz CT molecular complexity index is 936. The highest BCUT2D eigenvalue weighted by atomic mass is 32.2. The van der Waals surface area contributed by atoms with E-state index in [9.17, 15) is 9.59 Å². The maximum absolute atomic E-state index is 12.4. The first-order valence-electron chi connectivity index (χ1n) is 9.29. The van der Waals surface area contributed by atoms with E-state index in [1.165, 1.54) is 5.56 Å². The average Bonchev–Trinajstić information content (AvgIpc) is 3.07. The van der Waals surface area contributed by atoms with E-state index in [0.29, 0.717) is 23.1 Å². The Balaban J connectivity index is 1.56. The monoisotopic (exact) mass is 397 g/mol. The molecule has 0 atom stereocenters. The van der Waals surface area contributed by atoms with Gasteiger partial charge in [-0.3, -0.25) is 4.79 Å². The lowest BCUT2D eigenvalue weighted by Crippen LogP contribution is -2.14. The van der Waals surface area contributed by atoms with Gasteiger partial charge in [0.2, 0.25) is 11.7 Å².